The van der Waals surface area contributed by atoms with E-state index >= 15 is 0 Å². The Bertz CT molecular complexity index is 296. The van der Waals surface area contributed by atoms with Crippen LogP contribution >= 0.6 is 0 Å². The zero-order chi connectivity index (χ0) is 18.8. The van der Waals surface area contributed by atoms with E-state index in [0.29, 0.717) is 13.0 Å². The molecule has 2 atom stereocenters. The molecule has 0 heterocycles. The standard InChI is InChI=1S/C20H40O5/c1-18(16-22)17-25-20(24)14-10-6-2-4-8-12-19(23)13-9-5-3-7-11-15-21/h18-19,21-23H,2-17H2,1H3. The van der Waals surface area contributed by atoms with Gasteiger partial charge in [-0.1, -0.05) is 58.3 Å². The van der Waals surface area contributed by atoms with Gasteiger partial charge in [0.1, 0.15) is 0 Å². The van der Waals surface area contributed by atoms with E-state index in [2.05, 4.69) is 0 Å². The van der Waals surface area contributed by atoms with Gasteiger partial charge in [0.05, 0.1) is 12.7 Å². The third-order valence-corrected chi connectivity index (χ3v) is 4.45. The monoisotopic (exact) mass is 360 g/mol. The largest absolute Gasteiger partial charge is 0.465 e. The molecule has 0 aromatic rings. The van der Waals surface area contributed by atoms with Gasteiger partial charge in [-0.25, -0.2) is 0 Å². The van der Waals surface area contributed by atoms with E-state index in [4.69, 9.17) is 14.9 Å². The molecular weight excluding hydrogens is 320 g/mol. The molecule has 0 saturated carbocycles. The van der Waals surface area contributed by atoms with Gasteiger partial charge in [0, 0.05) is 25.6 Å². The lowest BCUT2D eigenvalue weighted by molar-refractivity contribution is -0.145. The van der Waals surface area contributed by atoms with Crippen molar-refractivity contribution in [3.63, 3.8) is 0 Å². The van der Waals surface area contributed by atoms with Crippen LogP contribution in [0.25, 0.3) is 0 Å². The molecule has 0 amide bonds. The molecule has 150 valence electrons. The van der Waals surface area contributed by atoms with Crippen molar-refractivity contribution >= 4 is 5.97 Å². The van der Waals surface area contributed by atoms with Crippen molar-refractivity contribution in [1.82, 2.24) is 0 Å². The van der Waals surface area contributed by atoms with Gasteiger partial charge in [0.25, 0.3) is 0 Å². The fourth-order valence-corrected chi connectivity index (χ4v) is 2.71. The van der Waals surface area contributed by atoms with Crippen molar-refractivity contribution < 1.29 is 24.9 Å². The Labute approximate surface area is 153 Å². The van der Waals surface area contributed by atoms with Crippen molar-refractivity contribution in [2.45, 2.75) is 96.5 Å². The van der Waals surface area contributed by atoms with Crippen LogP contribution in [0.4, 0.5) is 0 Å². The van der Waals surface area contributed by atoms with E-state index in [1.807, 2.05) is 6.92 Å². The summed E-state index contributed by atoms with van der Waals surface area (Å²) in [4.78, 5) is 11.5. The lowest BCUT2D eigenvalue weighted by Gasteiger charge is -2.10. The molecule has 0 bridgehead atoms. The molecule has 0 aliphatic rings. The summed E-state index contributed by atoms with van der Waals surface area (Å²) in [6.07, 6.45) is 12.5. The zero-order valence-corrected chi connectivity index (χ0v) is 16.1. The lowest BCUT2D eigenvalue weighted by atomic mass is 10.0. The first-order valence-corrected chi connectivity index (χ1v) is 10.2. The predicted molar refractivity (Wildman–Crippen MR) is 100 cm³/mol. The molecule has 0 spiro atoms. The summed E-state index contributed by atoms with van der Waals surface area (Å²) in [5, 5.41) is 27.5. The number of carbonyl (C=O) groups is 1. The van der Waals surface area contributed by atoms with E-state index in [0.717, 1.165) is 77.0 Å². The lowest BCUT2D eigenvalue weighted by Crippen LogP contribution is -2.14. The molecular formula is C20H40O5. The Hall–Kier alpha value is -0.650. The van der Waals surface area contributed by atoms with Gasteiger partial charge < -0.3 is 20.1 Å². The van der Waals surface area contributed by atoms with Crippen LogP contribution < -0.4 is 0 Å². The minimum Gasteiger partial charge on any atom is -0.465 e. The smallest absolute Gasteiger partial charge is 0.305 e. The number of carbonyl (C=O) groups excluding carboxylic acids is 1. The van der Waals surface area contributed by atoms with E-state index in [9.17, 15) is 9.90 Å². The number of ether oxygens (including phenoxy) is 1. The van der Waals surface area contributed by atoms with Crippen molar-refractivity contribution in [1.29, 1.82) is 0 Å². The molecule has 2 unspecified atom stereocenters. The Morgan fingerprint density at radius 1 is 0.840 bits per heavy atom. The molecule has 5 nitrogen and oxygen atoms in total. The van der Waals surface area contributed by atoms with Crippen LogP contribution in [0.15, 0.2) is 0 Å². The quantitative estimate of drug-likeness (QED) is 0.257. The average Bonchev–Trinajstić information content (AvgIpc) is 2.61. The van der Waals surface area contributed by atoms with E-state index in [1.165, 1.54) is 0 Å². The average molecular weight is 361 g/mol. The SMILES string of the molecule is CC(CO)COC(=O)CCCCCCCC(O)CCCCCCCO. The Kier molecular flexibility index (Phi) is 17.7. The Morgan fingerprint density at radius 3 is 1.92 bits per heavy atom. The van der Waals surface area contributed by atoms with Gasteiger partial charge in [-0.05, 0) is 25.7 Å². The molecule has 0 fully saturated rings. The minimum absolute atomic E-state index is 0.0101. The topological polar surface area (TPSA) is 87.0 Å². The molecule has 0 aromatic heterocycles. The summed E-state index contributed by atoms with van der Waals surface area (Å²) in [7, 11) is 0. The predicted octanol–water partition coefficient (Wildman–Crippen LogP) is 3.58. The molecule has 0 aliphatic carbocycles. The van der Waals surface area contributed by atoms with Crippen molar-refractivity contribution in [2.24, 2.45) is 5.92 Å². The Morgan fingerprint density at radius 2 is 1.36 bits per heavy atom. The number of rotatable bonds is 18. The molecule has 0 aromatic carbocycles. The van der Waals surface area contributed by atoms with Crippen LogP contribution in [0.2, 0.25) is 0 Å². The summed E-state index contributed by atoms with van der Waals surface area (Å²) < 4.78 is 5.08. The number of hydrogen-bond acceptors (Lipinski definition) is 5. The fraction of sp³-hybridized carbons (Fsp3) is 0.950. The third-order valence-electron chi connectivity index (χ3n) is 4.45. The highest BCUT2D eigenvalue weighted by Gasteiger charge is 2.07. The highest BCUT2D eigenvalue weighted by Crippen LogP contribution is 2.14. The highest BCUT2D eigenvalue weighted by molar-refractivity contribution is 5.69. The molecule has 5 heteroatoms. The first-order chi connectivity index (χ1) is 12.1. The second kappa shape index (κ2) is 18.2. The maximum Gasteiger partial charge on any atom is 0.305 e. The fourth-order valence-electron chi connectivity index (χ4n) is 2.71. The van der Waals surface area contributed by atoms with Gasteiger partial charge in [0.2, 0.25) is 0 Å². The van der Waals surface area contributed by atoms with E-state index in [-0.39, 0.29) is 31.2 Å². The van der Waals surface area contributed by atoms with Gasteiger partial charge in [0.15, 0.2) is 0 Å². The number of aliphatic hydroxyl groups is 3. The van der Waals surface area contributed by atoms with Crippen LogP contribution in [0.5, 0.6) is 0 Å². The molecule has 0 aliphatic heterocycles. The third kappa shape index (κ3) is 18.0. The van der Waals surface area contributed by atoms with Gasteiger partial charge in [-0.3, -0.25) is 4.79 Å². The van der Waals surface area contributed by atoms with Crippen LogP contribution in [0, 0.1) is 5.92 Å². The van der Waals surface area contributed by atoms with Crippen LogP contribution in [-0.4, -0.2) is 47.2 Å². The highest BCUT2D eigenvalue weighted by atomic mass is 16.5. The second-order valence-electron chi connectivity index (χ2n) is 7.21. The number of esters is 1. The number of hydrogen-bond donors (Lipinski definition) is 3. The van der Waals surface area contributed by atoms with Crippen molar-refractivity contribution in [3.05, 3.63) is 0 Å². The van der Waals surface area contributed by atoms with Crippen LogP contribution in [-0.2, 0) is 9.53 Å². The zero-order valence-electron chi connectivity index (χ0n) is 16.1. The molecule has 0 radical (unpaired) electrons. The van der Waals surface area contributed by atoms with E-state index < -0.39 is 0 Å². The van der Waals surface area contributed by atoms with Gasteiger partial charge in [-0.2, -0.15) is 0 Å². The number of aliphatic hydroxyl groups excluding tert-OH is 3. The first-order valence-electron chi connectivity index (χ1n) is 10.2. The number of unbranched alkanes of at least 4 members (excludes halogenated alkanes) is 8. The van der Waals surface area contributed by atoms with Crippen LogP contribution in [0.3, 0.4) is 0 Å². The van der Waals surface area contributed by atoms with Gasteiger partial charge in [-0.15, -0.1) is 0 Å². The Balaban J connectivity index is 3.30. The maximum atomic E-state index is 11.5. The minimum atomic E-state index is -0.179. The van der Waals surface area contributed by atoms with Crippen molar-refractivity contribution in [3.8, 4) is 0 Å². The normalized spacial score (nSPS) is 13.6. The first kappa shape index (κ1) is 24.4. The molecule has 25 heavy (non-hydrogen) atoms. The molecule has 3 N–H and O–H groups in total. The van der Waals surface area contributed by atoms with E-state index in [1.54, 1.807) is 0 Å². The maximum absolute atomic E-state index is 11.5. The summed E-state index contributed by atoms with van der Waals surface area (Å²) in [5.41, 5.74) is 0. The van der Waals surface area contributed by atoms with Gasteiger partial charge >= 0.3 is 5.97 Å². The summed E-state index contributed by atoms with van der Waals surface area (Å²) >= 11 is 0. The second-order valence-corrected chi connectivity index (χ2v) is 7.21. The summed E-state index contributed by atoms with van der Waals surface area (Å²) in [6.45, 7) is 2.48. The molecule has 0 saturated heterocycles. The summed E-state index contributed by atoms with van der Waals surface area (Å²) in [5.74, 6) is -0.161. The van der Waals surface area contributed by atoms with Crippen LogP contribution in [0.1, 0.15) is 90.4 Å². The molecule has 0 rings (SSSR count). The van der Waals surface area contributed by atoms with Crippen molar-refractivity contribution in [2.75, 3.05) is 19.8 Å². The summed E-state index contributed by atoms with van der Waals surface area (Å²) in [6, 6.07) is 0.